The number of benzene rings is 2. The van der Waals surface area contributed by atoms with Crippen molar-refractivity contribution >= 4 is 39.1 Å². The number of likely N-dealkylation sites (tertiary alicyclic amines) is 1. The van der Waals surface area contributed by atoms with E-state index in [0.717, 1.165) is 9.21 Å². The van der Waals surface area contributed by atoms with Gasteiger partial charge in [-0.15, -0.1) is 6.58 Å². The molecular weight excluding hydrogens is 498 g/mol. The van der Waals surface area contributed by atoms with Gasteiger partial charge in [0.2, 0.25) is 10.0 Å². The van der Waals surface area contributed by atoms with Gasteiger partial charge in [-0.1, -0.05) is 36.4 Å². The molecule has 11 heteroatoms. The topological polar surface area (TPSA) is 125 Å². The summed E-state index contributed by atoms with van der Waals surface area (Å²) in [6.45, 7) is 3.74. The number of nitrogens with zero attached hydrogens (tertiary/aromatic N) is 3. The maximum atomic E-state index is 14.1. The van der Waals surface area contributed by atoms with E-state index in [2.05, 4.69) is 6.58 Å². The molecule has 1 saturated heterocycles. The van der Waals surface area contributed by atoms with Crippen LogP contribution in [0.15, 0.2) is 71.7 Å². The Balaban J connectivity index is 2.05. The number of carbonyl (C=O) groups excluding carboxylic acids is 3. The first kappa shape index (κ1) is 26.3. The van der Waals surface area contributed by atoms with E-state index in [0.29, 0.717) is 11.3 Å². The van der Waals surface area contributed by atoms with Gasteiger partial charge >= 0.3 is 0 Å². The summed E-state index contributed by atoms with van der Waals surface area (Å²) in [6.07, 6.45) is 1.52. The van der Waals surface area contributed by atoms with E-state index in [1.54, 1.807) is 24.3 Å². The van der Waals surface area contributed by atoms with Crippen molar-refractivity contribution in [3.05, 3.63) is 77.9 Å². The molecular formula is C26H27N3O7S. The highest BCUT2D eigenvalue weighted by molar-refractivity contribution is 7.89. The number of methoxy groups -OCH3 is 1. The smallest absolute Gasteiger partial charge is 0.296 e. The molecule has 0 radical (unpaired) electrons. The fourth-order valence-electron chi connectivity index (χ4n) is 4.82. The summed E-state index contributed by atoms with van der Waals surface area (Å²) in [6, 6.07) is 12.1. The second-order valence-corrected chi connectivity index (χ2v) is 10.9. The Bertz CT molecular complexity index is 1450. The molecule has 2 aromatic carbocycles. The Labute approximate surface area is 215 Å². The number of amides is 2. The molecule has 1 N–H and O–H groups in total. The van der Waals surface area contributed by atoms with Gasteiger partial charge in [-0.25, -0.2) is 12.7 Å². The molecule has 10 nitrogen and oxygen atoms in total. The Kier molecular flexibility index (Phi) is 6.80. The largest absolute Gasteiger partial charge is 0.507 e. The number of hydrogen-bond donors (Lipinski definition) is 1. The minimum atomic E-state index is -3.87. The lowest BCUT2D eigenvalue weighted by Gasteiger charge is -2.34. The van der Waals surface area contributed by atoms with Gasteiger partial charge in [-0.3, -0.25) is 14.4 Å². The molecule has 0 bridgehead atoms. The molecule has 2 aromatic rings. The molecule has 1 atom stereocenters. The van der Waals surface area contributed by atoms with Crippen LogP contribution in [0.4, 0.5) is 5.69 Å². The summed E-state index contributed by atoms with van der Waals surface area (Å²) in [5, 5.41) is 11.5. The van der Waals surface area contributed by atoms with Gasteiger partial charge in [0.15, 0.2) is 5.54 Å². The lowest BCUT2D eigenvalue weighted by Crippen LogP contribution is -2.52. The number of carbonyl (C=O) groups is 3. The maximum Gasteiger partial charge on any atom is 0.296 e. The third-order valence-electron chi connectivity index (χ3n) is 6.53. The standard InChI is InChI=1S/C26H27N3O7S/c1-5-13-28-20-12-7-6-11-19(20)26(25(28)33)21(23(31)24(32)29(26)14-15-36-4)22(30)17-9-8-10-18(16-17)37(34,35)27(2)3/h5-12,16,30H,1,13-15H2,2-4H3/b22-21+. The second-order valence-electron chi connectivity index (χ2n) is 8.75. The van der Waals surface area contributed by atoms with Crippen molar-refractivity contribution in [3.63, 3.8) is 0 Å². The second kappa shape index (κ2) is 9.58. The van der Waals surface area contributed by atoms with Gasteiger partial charge in [0.05, 0.1) is 22.8 Å². The van der Waals surface area contributed by atoms with Crippen LogP contribution in [0.25, 0.3) is 5.76 Å². The van der Waals surface area contributed by atoms with Crippen molar-refractivity contribution in [2.45, 2.75) is 10.4 Å². The number of anilines is 1. The molecule has 2 heterocycles. The maximum absolute atomic E-state index is 14.1. The van der Waals surface area contributed by atoms with Crippen LogP contribution < -0.4 is 4.90 Å². The van der Waals surface area contributed by atoms with Crippen LogP contribution >= 0.6 is 0 Å². The Hall–Kier alpha value is -3.80. The highest BCUT2D eigenvalue weighted by Crippen LogP contribution is 2.53. The monoisotopic (exact) mass is 525 g/mol. The summed E-state index contributed by atoms with van der Waals surface area (Å²) in [5.41, 5.74) is -1.62. The third kappa shape index (κ3) is 3.78. The number of hydrogen-bond acceptors (Lipinski definition) is 7. The first-order chi connectivity index (χ1) is 17.5. The van der Waals surface area contributed by atoms with E-state index >= 15 is 0 Å². The van der Waals surface area contributed by atoms with E-state index in [9.17, 15) is 27.9 Å². The number of sulfonamides is 1. The average Bonchev–Trinajstić information content (AvgIpc) is 3.26. The van der Waals surface area contributed by atoms with Crippen molar-refractivity contribution in [3.8, 4) is 0 Å². The zero-order chi connectivity index (χ0) is 27.1. The summed E-state index contributed by atoms with van der Waals surface area (Å²) >= 11 is 0. The van der Waals surface area contributed by atoms with Crippen LogP contribution in [0.2, 0.25) is 0 Å². The highest BCUT2D eigenvalue weighted by Gasteiger charge is 2.66. The van der Waals surface area contributed by atoms with Crippen LogP contribution in [0.3, 0.4) is 0 Å². The third-order valence-corrected chi connectivity index (χ3v) is 8.34. The number of aliphatic hydroxyl groups excluding tert-OH is 1. The van der Waals surface area contributed by atoms with Gasteiger partial charge < -0.3 is 19.6 Å². The molecule has 2 amide bonds. The van der Waals surface area contributed by atoms with Gasteiger partial charge in [-0.2, -0.15) is 0 Å². The summed E-state index contributed by atoms with van der Waals surface area (Å²) in [4.78, 5) is 43.4. The Morgan fingerprint density at radius 2 is 1.84 bits per heavy atom. The Morgan fingerprint density at radius 3 is 2.49 bits per heavy atom. The van der Waals surface area contributed by atoms with Crippen LogP contribution in [-0.4, -0.2) is 81.2 Å². The number of fused-ring (bicyclic) bond motifs is 2. The van der Waals surface area contributed by atoms with Crippen LogP contribution in [0.1, 0.15) is 11.1 Å². The number of aliphatic hydroxyl groups is 1. The minimum Gasteiger partial charge on any atom is -0.507 e. The fraction of sp³-hybridized carbons (Fsp3) is 0.269. The molecule has 4 rings (SSSR count). The first-order valence-corrected chi connectivity index (χ1v) is 12.8. The van der Waals surface area contributed by atoms with E-state index in [-0.39, 0.29) is 30.2 Å². The van der Waals surface area contributed by atoms with Gasteiger partial charge in [-0.05, 0) is 18.2 Å². The molecule has 1 fully saturated rings. The van der Waals surface area contributed by atoms with E-state index < -0.39 is 44.5 Å². The molecule has 0 aromatic heterocycles. The molecule has 2 aliphatic rings. The summed E-state index contributed by atoms with van der Waals surface area (Å²) in [7, 11) is 0.284. The number of Topliss-reactive ketones (excluding diaryl/α,β-unsaturated/α-hetero) is 1. The van der Waals surface area contributed by atoms with Crippen molar-refractivity contribution in [2.75, 3.05) is 45.8 Å². The lowest BCUT2D eigenvalue weighted by molar-refractivity contribution is -0.144. The quantitative estimate of drug-likeness (QED) is 0.241. The van der Waals surface area contributed by atoms with Crippen molar-refractivity contribution in [1.29, 1.82) is 0 Å². The van der Waals surface area contributed by atoms with Crippen molar-refractivity contribution < 1.29 is 32.6 Å². The SMILES string of the molecule is C=CCN1C(=O)C2(/C(=C(/O)c3cccc(S(=O)(=O)N(C)C)c3)C(=O)C(=O)N2CCOC)c2ccccc21. The number of rotatable bonds is 8. The molecule has 2 aliphatic heterocycles. The molecule has 1 spiro atoms. The Morgan fingerprint density at radius 1 is 1.14 bits per heavy atom. The van der Waals surface area contributed by atoms with Gasteiger partial charge in [0.25, 0.3) is 17.6 Å². The zero-order valence-electron chi connectivity index (χ0n) is 20.7. The number of para-hydroxylation sites is 1. The van der Waals surface area contributed by atoms with Crippen LogP contribution in [-0.2, 0) is 34.7 Å². The van der Waals surface area contributed by atoms with Crippen molar-refractivity contribution in [2.24, 2.45) is 0 Å². The number of ketones is 1. The highest BCUT2D eigenvalue weighted by atomic mass is 32.2. The van der Waals surface area contributed by atoms with Crippen LogP contribution in [0, 0.1) is 0 Å². The van der Waals surface area contributed by atoms with Gasteiger partial charge in [0, 0.05) is 45.4 Å². The van der Waals surface area contributed by atoms with E-state index in [4.69, 9.17) is 4.74 Å². The fourth-order valence-corrected chi connectivity index (χ4v) is 5.77. The normalized spacial score (nSPS) is 20.8. The van der Waals surface area contributed by atoms with Crippen LogP contribution in [0.5, 0.6) is 0 Å². The summed E-state index contributed by atoms with van der Waals surface area (Å²) in [5.74, 6) is -3.29. The molecule has 194 valence electrons. The molecule has 1 unspecified atom stereocenters. The molecule has 37 heavy (non-hydrogen) atoms. The first-order valence-electron chi connectivity index (χ1n) is 11.4. The lowest BCUT2D eigenvalue weighted by atomic mass is 9.82. The molecule has 0 aliphatic carbocycles. The molecule has 0 saturated carbocycles. The average molecular weight is 526 g/mol. The van der Waals surface area contributed by atoms with Gasteiger partial charge in [0.1, 0.15) is 5.76 Å². The zero-order valence-corrected chi connectivity index (χ0v) is 21.5. The predicted molar refractivity (Wildman–Crippen MR) is 136 cm³/mol. The number of ether oxygens (including phenoxy) is 1. The van der Waals surface area contributed by atoms with Crippen molar-refractivity contribution in [1.82, 2.24) is 9.21 Å². The minimum absolute atomic E-state index is 0.0282. The predicted octanol–water partition coefficient (Wildman–Crippen LogP) is 1.69. The van der Waals surface area contributed by atoms with E-state index in [1.165, 1.54) is 56.4 Å². The van der Waals surface area contributed by atoms with E-state index in [1.807, 2.05) is 0 Å². The summed E-state index contributed by atoms with van der Waals surface area (Å²) < 4.78 is 31.6.